The van der Waals surface area contributed by atoms with Crippen LogP contribution in [-0.4, -0.2) is 19.6 Å². The number of rotatable bonds is 8. The summed E-state index contributed by atoms with van der Waals surface area (Å²) in [5, 5.41) is 2.93. The highest BCUT2D eigenvalue weighted by Crippen LogP contribution is 2.28. The molecule has 2 rings (SSSR count). The summed E-state index contributed by atoms with van der Waals surface area (Å²) in [6.07, 6.45) is 1.12. The number of aryl methyl sites for hydroxylation is 1. The summed E-state index contributed by atoms with van der Waals surface area (Å²) in [5.41, 5.74) is 2.16. The number of methoxy groups -OCH3 is 1. The van der Waals surface area contributed by atoms with Gasteiger partial charge in [-0.15, -0.1) is 0 Å². The lowest BCUT2D eigenvalue weighted by molar-refractivity contribution is -0.121. The number of amides is 1. The first-order valence-electron chi connectivity index (χ1n) is 7.83. The van der Waals surface area contributed by atoms with Gasteiger partial charge in [0.25, 0.3) is 0 Å². The molecule has 0 saturated heterocycles. The lowest BCUT2D eigenvalue weighted by atomic mass is 10.1. The molecule has 0 radical (unpaired) electrons. The van der Waals surface area contributed by atoms with Gasteiger partial charge in [0.15, 0.2) is 11.5 Å². The minimum Gasteiger partial charge on any atom is -0.493 e. The monoisotopic (exact) mass is 313 g/mol. The highest BCUT2D eigenvalue weighted by atomic mass is 16.5. The minimum absolute atomic E-state index is 0.0432. The predicted molar refractivity (Wildman–Crippen MR) is 90.8 cm³/mol. The zero-order valence-corrected chi connectivity index (χ0v) is 13.7. The highest BCUT2D eigenvalue weighted by Gasteiger charge is 2.07. The van der Waals surface area contributed by atoms with E-state index < -0.39 is 0 Å². The average molecular weight is 313 g/mol. The van der Waals surface area contributed by atoms with Crippen LogP contribution in [-0.2, 0) is 17.8 Å². The minimum atomic E-state index is 0.0432. The molecule has 4 heteroatoms. The molecule has 0 spiro atoms. The summed E-state index contributed by atoms with van der Waals surface area (Å²) in [5.74, 6) is 1.48. The van der Waals surface area contributed by atoms with Crippen LogP contribution in [0, 0.1) is 0 Å². The van der Waals surface area contributed by atoms with Crippen molar-refractivity contribution in [1.29, 1.82) is 0 Å². The Labute approximate surface area is 137 Å². The van der Waals surface area contributed by atoms with E-state index in [4.69, 9.17) is 9.47 Å². The lowest BCUT2D eigenvalue weighted by Crippen LogP contribution is -2.22. The molecule has 0 aliphatic heterocycles. The van der Waals surface area contributed by atoms with E-state index in [1.54, 1.807) is 7.11 Å². The van der Waals surface area contributed by atoms with E-state index in [2.05, 4.69) is 5.32 Å². The fourth-order valence-corrected chi connectivity index (χ4v) is 2.29. The fourth-order valence-electron chi connectivity index (χ4n) is 2.29. The molecule has 1 N–H and O–H groups in total. The SMILES string of the molecule is CCOc1ccc(CCC(=O)NCc2ccccc2)cc1OC. The van der Waals surface area contributed by atoms with Gasteiger partial charge in [0, 0.05) is 13.0 Å². The van der Waals surface area contributed by atoms with Crippen LogP contribution >= 0.6 is 0 Å². The predicted octanol–water partition coefficient (Wildman–Crippen LogP) is 3.34. The smallest absolute Gasteiger partial charge is 0.220 e. The van der Waals surface area contributed by atoms with E-state index in [1.165, 1.54) is 0 Å². The van der Waals surface area contributed by atoms with Crippen LogP contribution < -0.4 is 14.8 Å². The molecule has 4 nitrogen and oxygen atoms in total. The third-order valence-electron chi connectivity index (χ3n) is 3.50. The normalized spacial score (nSPS) is 10.2. The molecule has 1 amide bonds. The second kappa shape index (κ2) is 8.83. The van der Waals surface area contributed by atoms with Gasteiger partial charge in [0.05, 0.1) is 13.7 Å². The van der Waals surface area contributed by atoms with Crippen molar-refractivity contribution in [2.45, 2.75) is 26.3 Å². The van der Waals surface area contributed by atoms with Crippen LogP contribution in [0.4, 0.5) is 0 Å². The lowest BCUT2D eigenvalue weighted by Gasteiger charge is -2.11. The molecule has 122 valence electrons. The first-order valence-corrected chi connectivity index (χ1v) is 7.83. The average Bonchev–Trinajstić information content (AvgIpc) is 2.60. The maximum Gasteiger partial charge on any atom is 0.220 e. The van der Waals surface area contributed by atoms with Gasteiger partial charge < -0.3 is 14.8 Å². The molecule has 0 atom stereocenters. The fraction of sp³-hybridized carbons (Fsp3) is 0.316. The van der Waals surface area contributed by atoms with Crippen LogP contribution in [0.3, 0.4) is 0 Å². The van der Waals surface area contributed by atoms with Gasteiger partial charge >= 0.3 is 0 Å². The van der Waals surface area contributed by atoms with Crippen molar-refractivity contribution in [3.8, 4) is 11.5 Å². The standard InChI is InChI=1S/C19H23NO3/c1-3-23-17-11-9-15(13-18(17)22-2)10-12-19(21)20-14-16-7-5-4-6-8-16/h4-9,11,13H,3,10,12,14H2,1-2H3,(H,20,21). The van der Waals surface area contributed by atoms with Crippen LogP contribution in [0.25, 0.3) is 0 Å². The Hall–Kier alpha value is -2.49. The van der Waals surface area contributed by atoms with Gasteiger partial charge in [0.2, 0.25) is 5.91 Å². The number of carbonyl (C=O) groups is 1. The molecule has 23 heavy (non-hydrogen) atoms. The quantitative estimate of drug-likeness (QED) is 0.813. The summed E-state index contributed by atoms with van der Waals surface area (Å²) < 4.78 is 10.8. The van der Waals surface area contributed by atoms with E-state index in [0.717, 1.165) is 16.9 Å². The number of benzene rings is 2. The number of nitrogens with one attached hydrogen (secondary N) is 1. The summed E-state index contributed by atoms with van der Waals surface area (Å²) in [6, 6.07) is 15.7. The molecule has 0 aromatic heterocycles. The van der Waals surface area contributed by atoms with Gasteiger partial charge in [-0.3, -0.25) is 4.79 Å². The van der Waals surface area contributed by atoms with Crippen molar-refractivity contribution in [3.63, 3.8) is 0 Å². The molecule has 0 unspecified atom stereocenters. The van der Waals surface area contributed by atoms with Crippen molar-refractivity contribution in [3.05, 3.63) is 59.7 Å². The molecular formula is C19H23NO3. The van der Waals surface area contributed by atoms with Crippen LogP contribution in [0.2, 0.25) is 0 Å². The number of hydrogen-bond donors (Lipinski definition) is 1. The molecule has 0 saturated carbocycles. The first kappa shape index (κ1) is 16.9. The number of carbonyl (C=O) groups excluding carboxylic acids is 1. The van der Waals surface area contributed by atoms with E-state index in [0.29, 0.717) is 31.7 Å². The van der Waals surface area contributed by atoms with E-state index in [1.807, 2.05) is 55.5 Å². The molecule has 0 aliphatic carbocycles. The molecule has 2 aromatic carbocycles. The molecule has 0 bridgehead atoms. The van der Waals surface area contributed by atoms with Crippen molar-refractivity contribution in [2.75, 3.05) is 13.7 Å². The first-order chi connectivity index (χ1) is 11.2. The Bertz CT molecular complexity index is 626. The van der Waals surface area contributed by atoms with Gasteiger partial charge in [-0.05, 0) is 36.6 Å². The summed E-state index contributed by atoms with van der Waals surface area (Å²) in [4.78, 5) is 11.9. The third kappa shape index (κ3) is 5.33. The maximum atomic E-state index is 11.9. The van der Waals surface area contributed by atoms with Crippen molar-refractivity contribution in [2.24, 2.45) is 0 Å². The summed E-state index contributed by atoms with van der Waals surface area (Å²) >= 11 is 0. The zero-order chi connectivity index (χ0) is 16.5. The third-order valence-corrected chi connectivity index (χ3v) is 3.50. The Morgan fingerprint density at radius 3 is 2.52 bits per heavy atom. The summed E-state index contributed by atoms with van der Waals surface area (Å²) in [7, 11) is 1.62. The van der Waals surface area contributed by atoms with E-state index in [9.17, 15) is 4.79 Å². The van der Waals surface area contributed by atoms with Gasteiger partial charge in [-0.1, -0.05) is 36.4 Å². The maximum absolute atomic E-state index is 11.9. The molecule has 2 aromatic rings. The van der Waals surface area contributed by atoms with Gasteiger partial charge in [0.1, 0.15) is 0 Å². The molecule has 0 fully saturated rings. The Morgan fingerprint density at radius 2 is 1.83 bits per heavy atom. The van der Waals surface area contributed by atoms with Crippen molar-refractivity contribution in [1.82, 2.24) is 5.32 Å². The second-order valence-corrected chi connectivity index (χ2v) is 5.18. The highest BCUT2D eigenvalue weighted by molar-refractivity contribution is 5.76. The van der Waals surface area contributed by atoms with E-state index >= 15 is 0 Å². The second-order valence-electron chi connectivity index (χ2n) is 5.18. The molecular weight excluding hydrogens is 290 g/mol. The Kier molecular flexibility index (Phi) is 6.48. The largest absolute Gasteiger partial charge is 0.493 e. The van der Waals surface area contributed by atoms with Crippen LogP contribution in [0.15, 0.2) is 48.5 Å². The Balaban J connectivity index is 1.84. The van der Waals surface area contributed by atoms with E-state index in [-0.39, 0.29) is 5.91 Å². The van der Waals surface area contributed by atoms with Gasteiger partial charge in [-0.25, -0.2) is 0 Å². The number of ether oxygens (including phenoxy) is 2. The van der Waals surface area contributed by atoms with Crippen LogP contribution in [0.1, 0.15) is 24.5 Å². The molecule has 0 aliphatic rings. The zero-order valence-electron chi connectivity index (χ0n) is 13.7. The summed E-state index contributed by atoms with van der Waals surface area (Å²) in [6.45, 7) is 3.09. The van der Waals surface area contributed by atoms with Crippen molar-refractivity contribution >= 4 is 5.91 Å². The van der Waals surface area contributed by atoms with Crippen LogP contribution in [0.5, 0.6) is 11.5 Å². The number of hydrogen-bond acceptors (Lipinski definition) is 3. The van der Waals surface area contributed by atoms with Gasteiger partial charge in [-0.2, -0.15) is 0 Å². The van der Waals surface area contributed by atoms with Crippen molar-refractivity contribution < 1.29 is 14.3 Å². The Morgan fingerprint density at radius 1 is 1.04 bits per heavy atom. The molecule has 0 heterocycles. The topological polar surface area (TPSA) is 47.6 Å².